The maximum atomic E-state index is 12.7. The number of nitro benzene ring substituents is 1. The average Bonchev–Trinajstić information content (AvgIpc) is 2.48. The van der Waals surface area contributed by atoms with Gasteiger partial charge in [0.1, 0.15) is 5.69 Å². The lowest BCUT2D eigenvalue weighted by atomic mass is 9.91. The summed E-state index contributed by atoms with van der Waals surface area (Å²) in [5, 5.41) is 16.7. The van der Waals surface area contributed by atoms with Crippen LogP contribution in [0.4, 0.5) is 24.5 Å². The first kappa shape index (κ1) is 17.0. The molecule has 0 heterocycles. The molecule has 1 aliphatic carbocycles. The van der Waals surface area contributed by atoms with Gasteiger partial charge in [0.2, 0.25) is 6.41 Å². The molecule has 0 aliphatic heterocycles. The van der Waals surface area contributed by atoms with Crippen LogP contribution < -0.4 is 10.6 Å². The van der Waals surface area contributed by atoms with Crippen LogP contribution in [0, 0.1) is 10.1 Å². The highest BCUT2D eigenvalue weighted by atomic mass is 19.4. The number of alkyl halides is 3. The van der Waals surface area contributed by atoms with E-state index in [0.29, 0.717) is 38.2 Å². The zero-order valence-corrected chi connectivity index (χ0v) is 12.1. The molecule has 9 heteroatoms. The van der Waals surface area contributed by atoms with E-state index in [2.05, 4.69) is 10.6 Å². The van der Waals surface area contributed by atoms with E-state index in [1.54, 1.807) is 0 Å². The van der Waals surface area contributed by atoms with E-state index in [1.165, 1.54) is 0 Å². The van der Waals surface area contributed by atoms with Crippen molar-refractivity contribution in [2.75, 3.05) is 5.32 Å². The number of rotatable bonds is 5. The van der Waals surface area contributed by atoms with Gasteiger partial charge in [-0.3, -0.25) is 14.9 Å². The van der Waals surface area contributed by atoms with Crippen LogP contribution in [0.5, 0.6) is 0 Å². The largest absolute Gasteiger partial charge is 0.416 e. The zero-order valence-electron chi connectivity index (χ0n) is 12.1. The van der Waals surface area contributed by atoms with E-state index in [0.717, 1.165) is 12.1 Å². The molecule has 23 heavy (non-hydrogen) atoms. The zero-order chi connectivity index (χ0) is 17.0. The van der Waals surface area contributed by atoms with Crippen LogP contribution in [0.25, 0.3) is 0 Å². The van der Waals surface area contributed by atoms with Crippen molar-refractivity contribution >= 4 is 17.8 Å². The van der Waals surface area contributed by atoms with E-state index in [4.69, 9.17) is 0 Å². The molecule has 1 saturated carbocycles. The molecule has 0 atom stereocenters. The minimum atomic E-state index is -4.62. The van der Waals surface area contributed by atoms with Crippen LogP contribution in [-0.4, -0.2) is 23.4 Å². The van der Waals surface area contributed by atoms with E-state index in [9.17, 15) is 28.1 Å². The fraction of sp³-hybridized carbons (Fsp3) is 0.500. The van der Waals surface area contributed by atoms with Gasteiger partial charge in [-0.25, -0.2) is 0 Å². The molecular formula is C14H16F3N3O3. The number of amides is 1. The van der Waals surface area contributed by atoms with E-state index < -0.39 is 22.4 Å². The van der Waals surface area contributed by atoms with Gasteiger partial charge in [-0.2, -0.15) is 13.2 Å². The van der Waals surface area contributed by atoms with Crippen LogP contribution in [0.15, 0.2) is 18.2 Å². The second-order valence-corrected chi connectivity index (χ2v) is 5.46. The molecule has 0 unspecified atom stereocenters. The number of hydrogen-bond acceptors (Lipinski definition) is 4. The predicted molar refractivity (Wildman–Crippen MR) is 77.0 cm³/mol. The molecule has 1 amide bonds. The highest BCUT2D eigenvalue weighted by Crippen LogP contribution is 2.36. The summed E-state index contributed by atoms with van der Waals surface area (Å²) in [6.45, 7) is 0. The van der Waals surface area contributed by atoms with Gasteiger partial charge in [0.15, 0.2) is 0 Å². The molecule has 1 fully saturated rings. The Morgan fingerprint density at radius 3 is 2.30 bits per heavy atom. The number of anilines is 1. The van der Waals surface area contributed by atoms with Crippen LogP contribution in [0.3, 0.4) is 0 Å². The van der Waals surface area contributed by atoms with Gasteiger partial charge in [-0.15, -0.1) is 0 Å². The summed E-state index contributed by atoms with van der Waals surface area (Å²) < 4.78 is 38.0. The van der Waals surface area contributed by atoms with Gasteiger partial charge < -0.3 is 10.6 Å². The molecule has 2 rings (SSSR count). The second-order valence-electron chi connectivity index (χ2n) is 5.46. The van der Waals surface area contributed by atoms with Crippen molar-refractivity contribution in [2.24, 2.45) is 0 Å². The van der Waals surface area contributed by atoms with Gasteiger partial charge in [0.05, 0.1) is 10.5 Å². The van der Waals surface area contributed by atoms with Gasteiger partial charge in [0.25, 0.3) is 5.69 Å². The number of benzene rings is 1. The minimum Gasteiger partial charge on any atom is -0.377 e. The molecule has 0 radical (unpaired) electrons. The highest BCUT2D eigenvalue weighted by Gasteiger charge is 2.33. The summed E-state index contributed by atoms with van der Waals surface area (Å²) in [6, 6.07) is 2.47. The van der Waals surface area contributed by atoms with Crippen molar-refractivity contribution in [2.45, 2.75) is 43.9 Å². The van der Waals surface area contributed by atoms with E-state index >= 15 is 0 Å². The van der Waals surface area contributed by atoms with Crippen LogP contribution >= 0.6 is 0 Å². The third-order valence-electron chi connectivity index (χ3n) is 3.91. The molecule has 0 aromatic heterocycles. The predicted octanol–water partition coefficient (Wildman–Crippen LogP) is 3.08. The highest BCUT2D eigenvalue weighted by molar-refractivity contribution is 5.63. The lowest BCUT2D eigenvalue weighted by Crippen LogP contribution is -2.36. The number of nitrogens with zero attached hydrogens (tertiary/aromatic N) is 1. The number of carbonyl (C=O) groups excluding carboxylic acids is 1. The summed E-state index contributed by atoms with van der Waals surface area (Å²) in [7, 11) is 0. The smallest absolute Gasteiger partial charge is 0.377 e. The SMILES string of the molecule is O=CNC1CCC(Nc2ccc(C(F)(F)F)cc2[N+](=O)[O-])CC1. The van der Waals surface area contributed by atoms with Crippen LogP contribution in [0.1, 0.15) is 31.2 Å². The van der Waals surface area contributed by atoms with Gasteiger partial charge >= 0.3 is 6.18 Å². The fourth-order valence-electron chi connectivity index (χ4n) is 2.70. The maximum absolute atomic E-state index is 12.7. The van der Waals surface area contributed by atoms with E-state index in [1.807, 2.05) is 0 Å². The Bertz CT molecular complexity index is 584. The van der Waals surface area contributed by atoms with Crippen molar-refractivity contribution in [3.8, 4) is 0 Å². The molecule has 6 nitrogen and oxygen atoms in total. The maximum Gasteiger partial charge on any atom is 0.416 e. The van der Waals surface area contributed by atoms with Crippen molar-refractivity contribution in [3.05, 3.63) is 33.9 Å². The fourth-order valence-corrected chi connectivity index (χ4v) is 2.70. The molecule has 2 N–H and O–H groups in total. The summed E-state index contributed by atoms with van der Waals surface area (Å²) >= 11 is 0. The molecule has 1 aromatic carbocycles. The van der Waals surface area contributed by atoms with Crippen LogP contribution in [-0.2, 0) is 11.0 Å². The molecular weight excluding hydrogens is 315 g/mol. The Morgan fingerprint density at radius 1 is 1.17 bits per heavy atom. The molecule has 126 valence electrons. The monoisotopic (exact) mass is 331 g/mol. The Hall–Kier alpha value is -2.32. The summed E-state index contributed by atoms with van der Waals surface area (Å²) in [4.78, 5) is 20.6. The van der Waals surface area contributed by atoms with E-state index in [-0.39, 0.29) is 17.8 Å². The number of nitro groups is 1. The lowest BCUT2D eigenvalue weighted by Gasteiger charge is -2.29. The third-order valence-corrected chi connectivity index (χ3v) is 3.91. The Morgan fingerprint density at radius 2 is 1.78 bits per heavy atom. The molecule has 1 aromatic rings. The first-order valence-corrected chi connectivity index (χ1v) is 7.13. The number of nitrogens with one attached hydrogen (secondary N) is 2. The quantitative estimate of drug-likeness (QED) is 0.493. The van der Waals surface area contributed by atoms with Gasteiger partial charge in [0, 0.05) is 18.2 Å². The van der Waals surface area contributed by atoms with Crippen molar-refractivity contribution in [3.63, 3.8) is 0 Å². The summed E-state index contributed by atoms with van der Waals surface area (Å²) in [6.07, 6.45) is -1.22. The first-order valence-electron chi connectivity index (χ1n) is 7.13. The Kier molecular flexibility index (Phi) is 5.07. The summed E-state index contributed by atoms with van der Waals surface area (Å²) in [5.74, 6) is 0. The van der Waals surface area contributed by atoms with Crippen LogP contribution in [0.2, 0.25) is 0 Å². The summed E-state index contributed by atoms with van der Waals surface area (Å²) in [5.41, 5.74) is -1.56. The third kappa shape index (κ3) is 4.33. The lowest BCUT2D eigenvalue weighted by molar-refractivity contribution is -0.384. The minimum absolute atomic E-state index is 0.0739. The van der Waals surface area contributed by atoms with Gasteiger partial charge in [-0.05, 0) is 37.8 Å². The molecule has 1 aliphatic rings. The second kappa shape index (κ2) is 6.84. The molecule has 0 saturated heterocycles. The van der Waals surface area contributed by atoms with Crippen molar-refractivity contribution < 1.29 is 22.9 Å². The number of hydrogen-bond donors (Lipinski definition) is 2. The normalized spacial score (nSPS) is 21.5. The van der Waals surface area contributed by atoms with Crippen molar-refractivity contribution in [1.82, 2.24) is 5.32 Å². The van der Waals surface area contributed by atoms with Crippen molar-refractivity contribution in [1.29, 1.82) is 0 Å². The average molecular weight is 331 g/mol. The molecule has 0 spiro atoms. The number of halogens is 3. The Labute approximate surface area is 130 Å². The molecule has 0 bridgehead atoms. The topological polar surface area (TPSA) is 84.3 Å². The number of carbonyl (C=O) groups is 1. The standard InChI is InChI=1S/C14H16F3N3O3/c15-14(16,17)9-1-6-12(13(7-9)20(22)23)19-11-4-2-10(3-5-11)18-8-21/h1,6-8,10-11,19H,2-5H2,(H,18,21). The Balaban J connectivity index is 2.11. The first-order chi connectivity index (χ1) is 10.8. The van der Waals surface area contributed by atoms with Gasteiger partial charge in [-0.1, -0.05) is 0 Å².